The Morgan fingerprint density at radius 3 is 1.67 bits per heavy atom. The zero-order valence-corrected chi connectivity index (χ0v) is 22.8. The maximum Gasteiger partial charge on any atom is 0.136 e. The number of rotatable bonds is 3. The van der Waals surface area contributed by atoms with Crippen LogP contribution in [0.15, 0.2) is 162 Å². The van der Waals surface area contributed by atoms with Gasteiger partial charge in [-0.2, -0.15) is 0 Å². The lowest BCUT2D eigenvalue weighted by atomic mass is 9.85. The van der Waals surface area contributed by atoms with E-state index in [0.717, 1.165) is 43.8 Å². The molecule has 200 valence electrons. The van der Waals surface area contributed by atoms with Gasteiger partial charge in [-0.3, -0.25) is 0 Å². The van der Waals surface area contributed by atoms with Crippen molar-refractivity contribution in [2.45, 2.75) is 0 Å². The number of hydrogen-bond acceptors (Lipinski definition) is 1. The molecule has 9 aromatic rings. The summed E-state index contributed by atoms with van der Waals surface area (Å²) in [5, 5.41) is 4.79. The lowest BCUT2D eigenvalue weighted by molar-refractivity contribution is 0.669. The van der Waals surface area contributed by atoms with Crippen LogP contribution in [-0.2, 0) is 0 Å². The van der Waals surface area contributed by atoms with Crippen molar-refractivity contribution < 1.29 is 15.4 Å². The summed E-state index contributed by atoms with van der Waals surface area (Å²) in [6.45, 7) is 0. The average molecular weight is 555 g/mol. The largest absolute Gasteiger partial charge is 0.456 e. The zero-order chi connectivity index (χ0) is 35.3. The molecule has 0 fully saturated rings. The lowest BCUT2D eigenvalue weighted by Crippen LogP contribution is -1.91. The maximum atomic E-state index is 9.24. The topological polar surface area (TPSA) is 13.1 Å². The normalized spacial score (nSPS) is 14.3. The minimum absolute atomic E-state index is 0.188. The number of benzene rings is 8. The minimum atomic E-state index is -0.425. The van der Waals surface area contributed by atoms with E-state index in [-0.39, 0.29) is 45.7 Å². The zero-order valence-electron chi connectivity index (χ0n) is 30.8. The Balaban J connectivity index is 1.44. The Hall–Kier alpha value is -5.66. The number of fused-ring (bicyclic) bond motifs is 6. The third-order valence-corrected chi connectivity index (χ3v) is 8.26. The van der Waals surface area contributed by atoms with E-state index in [4.69, 9.17) is 12.6 Å². The molecule has 0 N–H and O–H groups in total. The van der Waals surface area contributed by atoms with E-state index in [1.54, 1.807) is 24.3 Å². The summed E-state index contributed by atoms with van der Waals surface area (Å²) >= 11 is 0. The van der Waals surface area contributed by atoms with E-state index in [0.29, 0.717) is 22.3 Å². The molecule has 43 heavy (non-hydrogen) atoms. The van der Waals surface area contributed by atoms with E-state index in [9.17, 15) is 2.74 Å². The highest BCUT2D eigenvalue weighted by atomic mass is 16.3. The first kappa shape index (κ1) is 17.3. The molecule has 0 bridgehead atoms. The van der Waals surface area contributed by atoms with Crippen molar-refractivity contribution in [2.75, 3.05) is 0 Å². The molecule has 8 aromatic carbocycles. The van der Waals surface area contributed by atoms with Gasteiger partial charge < -0.3 is 4.42 Å². The van der Waals surface area contributed by atoms with Crippen LogP contribution in [0.1, 0.15) is 11.0 Å². The first-order valence-corrected chi connectivity index (χ1v) is 14.1. The molecule has 0 aliphatic carbocycles. The van der Waals surface area contributed by atoms with Gasteiger partial charge in [0.2, 0.25) is 0 Å². The second-order valence-electron chi connectivity index (χ2n) is 10.7. The van der Waals surface area contributed by atoms with E-state index < -0.39 is 24.2 Å². The molecule has 1 nitrogen and oxygen atoms in total. The average Bonchev–Trinajstić information content (AvgIpc) is 3.53. The summed E-state index contributed by atoms with van der Waals surface area (Å²) in [6, 6.07) is 31.9. The van der Waals surface area contributed by atoms with Crippen LogP contribution >= 0.6 is 0 Å². The van der Waals surface area contributed by atoms with Gasteiger partial charge in [-0.05, 0) is 90.0 Å². The molecular formula is C42H26O. The molecule has 0 unspecified atom stereocenters. The second-order valence-corrected chi connectivity index (χ2v) is 10.7. The fourth-order valence-corrected chi connectivity index (χ4v) is 6.40. The van der Waals surface area contributed by atoms with Gasteiger partial charge in [0.1, 0.15) is 11.2 Å². The Morgan fingerprint density at radius 2 is 0.977 bits per heavy atom. The Morgan fingerprint density at radius 1 is 0.419 bits per heavy atom. The summed E-state index contributed by atoms with van der Waals surface area (Å²) in [7, 11) is 0. The second kappa shape index (κ2) is 9.44. The molecule has 0 radical (unpaired) electrons. The van der Waals surface area contributed by atoms with Crippen LogP contribution in [0.3, 0.4) is 0 Å². The highest BCUT2D eigenvalue weighted by molar-refractivity contribution is 6.22. The molecule has 1 heteroatoms. The lowest BCUT2D eigenvalue weighted by Gasteiger charge is -2.18. The first-order chi connectivity index (χ1) is 24.7. The van der Waals surface area contributed by atoms with Crippen LogP contribution in [0.4, 0.5) is 0 Å². The monoisotopic (exact) mass is 554 g/mol. The summed E-state index contributed by atoms with van der Waals surface area (Å²) < 4.78 is 77.9. The molecule has 0 atom stereocenters. The van der Waals surface area contributed by atoms with E-state index in [1.165, 1.54) is 0 Å². The highest BCUT2D eigenvalue weighted by Gasteiger charge is 2.18. The van der Waals surface area contributed by atoms with Gasteiger partial charge in [0, 0.05) is 10.8 Å². The summed E-state index contributed by atoms with van der Waals surface area (Å²) in [5.41, 5.74) is 4.95. The van der Waals surface area contributed by atoms with E-state index >= 15 is 0 Å². The van der Waals surface area contributed by atoms with Crippen molar-refractivity contribution in [1.82, 2.24) is 0 Å². The molecule has 0 aliphatic heterocycles. The van der Waals surface area contributed by atoms with Crippen LogP contribution < -0.4 is 0 Å². The minimum Gasteiger partial charge on any atom is -0.456 e. The van der Waals surface area contributed by atoms with Crippen molar-refractivity contribution in [3.63, 3.8) is 0 Å². The Bertz CT molecular complexity index is 2870. The molecule has 0 aliphatic rings. The van der Waals surface area contributed by atoms with Gasteiger partial charge in [-0.15, -0.1) is 0 Å². The molecule has 1 heterocycles. The van der Waals surface area contributed by atoms with Gasteiger partial charge >= 0.3 is 0 Å². The van der Waals surface area contributed by atoms with E-state index in [2.05, 4.69) is 12.1 Å². The van der Waals surface area contributed by atoms with Gasteiger partial charge in [-0.25, -0.2) is 0 Å². The van der Waals surface area contributed by atoms with Crippen molar-refractivity contribution >= 4 is 54.3 Å². The Labute approximate surface area is 260 Å². The molecule has 9 rings (SSSR count). The van der Waals surface area contributed by atoms with Crippen LogP contribution in [0.5, 0.6) is 0 Å². The summed E-state index contributed by atoms with van der Waals surface area (Å²) in [5.74, 6) is 0. The first-order valence-electron chi connectivity index (χ1n) is 18.1. The van der Waals surface area contributed by atoms with E-state index in [1.807, 2.05) is 72.8 Å². The third kappa shape index (κ3) is 3.72. The SMILES string of the molecule is [2H]c1c([2H])c([2H])c2c(-c3cccc(-c4cccc5oc6cc7ccccc7cc6c45)c3)c3c([2H])c([2H])c([2H])c([2H])c3c(-c3ccccc3)c2c1[2H]. The maximum absolute atomic E-state index is 9.24. The van der Waals surface area contributed by atoms with Gasteiger partial charge in [0.25, 0.3) is 0 Å². The number of furan rings is 1. The molecule has 0 saturated heterocycles. The standard InChI is InChI=1S/C42H26O/c1-2-12-27(13-3-1)40-33-18-6-8-20-35(33)41(36-21-9-7-19-34(36)40)31-17-10-16-30(24-31)32-22-11-23-38-42(32)37-25-28-14-4-5-15-29(28)26-39(37)43-38/h1-26H/i6D,7D,8D,9D,18D,19D,20D,21D. The van der Waals surface area contributed by atoms with Crippen molar-refractivity contribution in [3.8, 4) is 33.4 Å². The predicted octanol–water partition coefficient (Wildman–Crippen LogP) is 12.0. The third-order valence-electron chi connectivity index (χ3n) is 8.26. The van der Waals surface area contributed by atoms with Crippen molar-refractivity contribution in [3.05, 3.63) is 158 Å². The molecule has 0 saturated carbocycles. The van der Waals surface area contributed by atoms with Crippen LogP contribution in [0.25, 0.3) is 87.6 Å². The Kier molecular flexibility index (Phi) is 3.80. The molecule has 1 aromatic heterocycles. The fraction of sp³-hybridized carbons (Fsp3) is 0. The van der Waals surface area contributed by atoms with Gasteiger partial charge in [-0.1, -0.05) is 133 Å². The summed E-state index contributed by atoms with van der Waals surface area (Å²) in [4.78, 5) is 0. The van der Waals surface area contributed by atoms with Crippen LogP contribution in [-0.4, -0.2) is 0 Å². The highest BCUT2D eigenvalue weighted by Crippen LogP contribution is 2.45. The molecular weight excluding hydrogens is 520 g/mol. The van der Waals surface area contributed by atoms with Crippen molar-refractivity contribution in [2.24, 2.45) is 0 Å². The van der Waals surface area contributed by atoms with Crippen molar-refractivity contribution in [1.29, 1.82) is 0 Å². The van der Waals surface area contributed by atoms with Gasteiger partial charge in [0.05, 0.1) is 11.0 Å². The quantitative estimate of drug-likeness (QED) is 0.198. The van der Waals surface area contributed by atoms with Gasteiger partial charge in [0.15, 0.2) is 0 Å². The predicted molar refractivity (Wildman–Crippen MR) is 183 cm³/mol. The fourth-order valence-electron chi connectivity index (χ4n) is 6.40. The van der Waals surface area contributed by atoms with Crippen LogP contribution in [0.2, 0.25) is 0 Å². The summed E-state index contributed by atoms with van der Waals surface area (Å²) in [6.07, 6.45) is 0. The molecule has 0 amide bonds. The van der Waals surface area contributed by atoms with Crippen LogP contribution in [0, 0.1) is 0 Å². The number of hydrogen-bond donors (Lipinski definition) is 0. The smallest absolute Gasteiger partial charge is 0.136 e. The molecule has 0 spiro atoms.